The summed E-state index contributed by atoms with van der Waals surface area (Å²) in [5.41, 5.74) is 0. The lowest BCUT2D eigenvalue weighted by molar-refractivity contribution is 0.115. The van der Waals surface area contributed by atoms with Crippen LogP contribution in [0, 0.1) is 0 Å². The van der Waals surface area contributed by atoms with E-state index in [1.807, 2.05) is 0 Å². The number of likely N-dealkylation sites (N-methyl/N-ethyl adjacent to an activating group) is 1. The molecule has 2 nitrogen and oxygen atoms in total. The molecule has 0 radical (unpaired) electrons. The molecule has 1 aliphatic rings. The topological polar surface area (TPSA) is 15.3 Å². The normalized spacial score (nSPS) is 19.6. The van der Waals surface area contributed by atoms with E-state index in [0.29, 0.717) is 12.1 Å². The zero-order chi connectivity index (χ0) is 11.3. The van der Waals surface area contributed by atoms with Crippen LogP contribution in [0.3, 0.4) is 0 Å². The molecule has 0 aliphatic heterocycles. The molecule has 0 bridgehead atoms. The van der Waals surface area contributed by atoms with E-state index in [2.05, 4.69) is 38.0 Å². The number of nitrogens with one attached hydrogen (secondary N) is 1. The van der Waals surface area contributed by atoms with Gasteiger partial charge in [-0.2, -0.15) is 0 Å². The Balaban J connectivity index is 2.18. The minimum Gasteiger partial charge on any atom is -0.312 e. The average molecular weight is 212 g/mol. The third-order valence-electron chi connectivity index (χ3n) is 4.03. The average Bonchev–Trinajstić information content (AvgIpc) is 2.16. The van der Waals surface area contributed by atoms with Gasteiger partial charge in [0, 0.05) is 24.7 Å². The number of nitrogens with zero attached hydrogens (tertiary/aromatic N) is 1. The van der Waals surface area contributed by atoms with Crippen molar-refractivity contribution in [2.75, 3.05) is 13.6 Å². The van der Waals surface area contributed by atoms with Crippen LogP contribution in [0.4, 0.5) is 0 Å². The molecule has 1 fully saturated rings. The Morgan fingerprint density at radius 2 is 1.87 bits per heavy atom. The van der Waals surface area contributed by atoms with Crippen LogP contribution >= 0.6 is 0 Å². The quantitative estimate of drug-likeness (QED) is 0.698. The van der Waals surface area contributed by atoms with Crippen LogP contribution in [0.5, 0.6) is 0 Å². The Kier molecular flexibility index (Phi) is 5.62. The van der Waals surface area contributed by atoms with Gasteiger partial charge in [-0.15, -0.1) is 0 Å². The molecule has 90 valence electrons. The Labute approximate surface area is 95.4 Å². The lowest BCUT2D eigenvalue weighted by Gasteiger charge is -2.39. The maximum Gasteiger partial charge on any atom is 0.0192 e. The molecule has 0 aromatic heterocycles. The molecule has 1 atom stereocenters. The minimum absolute atomic E-state index is 0.677. The molecular weight excluding hydrogens is 184 g/mol. The summed E-state index contributed by atoms with van der Waals surface area (Å²) in [4.78, 5) is 2.55. The summed E-state index contributed by atoms with van der Waals surface area (Å²) in [5, 5.41) is 3.66. The Bertz CT molecular complexity index is 162. The van der Waals surface area contributed by atoms with Crippen molar-refractivity contribution in [3.8, 4) is 0 Å². The van der Waals surface area contributed by atoms with Gasteiger partial charge in [-0.05, 0) is 39.7 Å². The van der Waals surface area contributed by atoms with Crippen LogP contribution in [0.1, 0.15) is 52.9 Å². The maximum absolute atomic E-state index is 3.66. The van der Waals surface area contributed by atoms with E-state index in [9.17, 15) is 0 Å². The molecule has 1 rings (SSSR count). The van der Waals surface area contributed by atoms with Gasteiger partial charge in [0.25, 0.3) is 0 Å². The molecule has 0 spiro atoms. The number of hydrogen-bond acceptors (Lipinski definition) is 2. The lowest BCUT2D eigenvalue weighted by Crippen LogP contribution is -2.48. The van der Waals surface area contributed by atoms with E-state index in [0.717, 1.165) is 12.6 Å². The third-order valence-corrected chi connectivity index (χ3v) is 4.03. The molecule has 1 N–H and O–H groups in total. The van der Waals surface area contributed by atoms with Crippen molar-refractivity contribution >= 4 is 0 Å². The fourth-order valence-electron chi connectivity index (χ4n) is 2.21. The van der Waals surface area contributed by atoms with Crippen LogP contribution in [-0.2, 0) is 0 Å². The first-order valence-electron chi connectivity index (χ1n) is 6.64. The fourth-order valence-corrected chi connectivity index (χ4v) is 2.21. The Morgan fingerprint density at radius 1 is 1.27 bits per heavy atom. The third kappa shape index (κ3) is 3.76. The van der Waals surface area contributed by atoms with Crippen LogP contribution in [0.15, 0.2) is 0 Å². The first-order valence-corrected chi connectivity index (χ1v) is 6.64. The molecule has 2 heteroatoms. The smallest absolute Gasteiger partial charge is 0.0192 e. The van der Waals surface area contributed by atoms with E-state index in [1.165, 1.54) is 32.1 Å². The summed E-state index contributed by atoms with van der Waals surface area (Å²) in [5.74, 6) is 0. The molecule has 0 heterocycles. The molecule has 1 aliphatic carbocycles. The standard InChI is InChI=1S/C13H28N2/c1-5-12(6-2)14-10-11(3)15(4)13-8-7-9-13/h11-14H,5-10H2,1-4H3. The van der Waals surface area contributed by atoms with Gasteiger partial charge in [0.2, 0.25) is 0 Å². The Hall–Kier alpha value is -0.0800. The van der Waals surface area contributed by atoms with E-state index in [1.54, 1.807) is 0 Å². The maximum atomic E-state index is 3.66. The van der Waals surface area contributed by atoms with E-state index in [-0.39, 0.29) is 0 Å². The van der Waals surface area contributed by atoms with Gasteiger partial charge in [-0.3, -0.25) is 4.90 Å². The number of hydrogen-bond donors (Lipinski definition) is 1. The second-order valence-corrected chi connectivity index (χ2v) is 5.02. The van der Waals surface area contributed by atoms with E-state index >= 15 is 0 Å². The number of rotatable bonds is 7. The van der Waals surface area contributed by atoms with Gasteiger partial charge in [0.05, 0.1) is 0 Å². The van der Waals surface area contributed by atoms with Gasteiger partial charge in [0.1, 0.15) is 0 Å². The molecule has 1 unspecified atom stereocenters. The SMILES string of the molecule is CCC(CC)NCC(C)N(C)C1CCC1. The first-order chi connectivity index (χ1) is 7.19. The predicted octanol–water partition coefficient (Wildman–Crippen LogP) is 2.64. The largest absolute Gasteiger partial charge is 0.312 e. The molecule has 0 aromatic rings. The van der Waals surface area contributed by atoms with Gasteiger partial charge >= 0.3 is 0 Å². The molecule has 0 aromatic carbocycles. The summed E-state index contributed by atoms with van der Waals surface area (Å²) in [6, 6.07) is 2.25. The first kappa shape index (κ1) is 13.0. The summed E-state index contributed by atoms with van der Waals surface area (Å²) in [7, 11) is 2.28. The second-order valence-electron chi connectivity index (χ2n) is 5.02. The second kappa shape index (κ2) is 6.49. The van der Waals surface area contributed by atoms with Crippen molar-refractivity contribution in [3.05, 3.63) is 0 Å². The molecule has 0 saturated heterocycles. The minimum atomic E-state index is 0.677. The van der Waals surface area contributed by atoms with Gasteiger partial charge in [-0.1, -0.05) is 20.3 Å². The highest BCUT2D eigenvalue weighted by Crippen LogP contribution is 2.24. The monoisotopic (exact) mass is 212 g/mol. The van der Waals surface area contributed by atoms with Crippen molar-refractivity contribution in [1.82, 2.24) is 10.2 Å². The lowest BCUT2D eigenvalue weighted by atomic mass is 9.91. The van der Waals surface area contributed by atoms with Crippen LogP contribution < -0.4 is 5.32 Å². The summed E-state index contributed by atoms with van der Waals surface area (Å²) < 4.78 is 0. The summed E-state index contributed by atoms with van der Waals surface area (Å²) in [6.07, 6.45) is 6.74. The van der Waals surface area contributed by atoms with Crippen LogP contribution in [0.25, 0.3) is 0 Å². The highest BCUT2D eigenvalue weighted by Gasteiger charge is 2.25. The summed E-state index contributed by atoms with van der Waals surface area (Å²) in [6.45, 7) is 8.01. The molecule has 0 amide bonds. The predicted molar refractivity (Wildman–Crippen MR) is 67.2 cm³/mol. The van der Waals surface area contributed by atoms with Crippen LogP contribution in [-0.4, -0.2) is 36.6 Å². The molecular formula is C13H28N2. The Morgan fingerprint density at radius 3 is 2.27 bits per heavy atom. The van der Waals surface area contributed by atoms with Crippen molar-refractivity contribution in [3.63, 3.8) is 0 Å². The highest BCUT2D eigenvalue weighted by atomic mass is 15.2. The van der Waals surface area contributed by atoms with Gasteiger partial charge in [-0.25, -0.2) is 0 Å². The van der Waals surface area contributed by atoms with Crippen molar-refractivity contribution in [1.29, 1.82) is 0 Å². The zero-order valence-electron chi connectivity index (χ0n) is 10.9. The summed E-state index contributed by atoms with van der Waals surface area (Å²) >= 11 is 0. The van der Waals surface area contributed by atoms with E-state index < -0.39 is 0 Å². The van der Waals surface area contributed by atoms with Gasteiger partial charge in [0.15, 0.2) is 0 Å². The molecule has 15 heavy (non-hydrogen) atoms. The fraction of sp³-hybridized carbons (Fsp3) is 1.00. The van der Waals surface area contributed by atoms with Crippen molar-refractivity contribution < 1.29 is 0 Å². The van der Waals surface area contributed by atoms with Crippen molar-refractivity contribution in [2.45, 2.75) is 71.0 Å². The van der Waals surface area contributed by atoms with Crippen molar-refractivity contribution in [2.24, 2.45) is 0 Å². The van der Waals surface area contributed by atoms with Gasteiger partial charge < -0.3 is 5.32 Å². The zero-order valence-corrected chi connectivity index (χ0v) is 10.9. The van der Waals surface area contributed by atoms with Crippen LogP contribution in [0.2, 0.25) is 0 Å². The van der Waals surface area contributed by atoms with E-state index in [4.69, 9.17) is 0 Å². The molecule has 1 saturated carbocycles. The highest BCUT2D eigenvalue weighted by molar-refractivity contribution is 4.82.